The molecular formula is C27H31NO3. The average Bonchev–Trinajstić information content (AvgIpc) is 3.26. The van der Waals surface area contributed by atoms with Crippen LogP contribution in [-0.4, -0.2) is 25.2 Å². The Morgan fingerprint density at radius 1 is 1.03 bits per heavy atom. The Hall–Kier alpha value is -2.85. The second-order valence-electron chi connectivity index (χ2n) is 8.33. The van der Waals surface area contributed by atoms with Gasteiger partial charge in [-0.05, 0) is 73.1 Å². The highest BCUT2D eigenvalue weighted by atomic mass is 16.6. The minimum atomic E-state index is -0.336. The van der Waals surface area contributed by atoms with E-state index in [0.29, 0.717) is 30.4 Å². The highest BCUT2D eigenvalue weighted by Gasteiger charge is 2.27. The van der Waals surface area contributed by atoms with Gasteiger partial charge in [-0.25, -0.2) is 4.79 Å². The third kappa shape index (κ3) is 5.26. The Morgan fingerprint density at radius 2 is 1.81 bits per heavy atom. The lowest BCUT2D eigenvalue weighted by atomic mass is 9.96. The van der Waals surface area contributed by atoms with Crippen molar-refractivity contribution in [3.05, 3.63) is 77.9 Å². The predicted molar refractivity (Wildman–Crippen MR) is 124 cm³/mol. The maximum atomic E-state index is 11.4. The first-order chi connectivity index (χ1) is 15.1. The van der Waals surface area contributed by atoms with Gasteiger partial charge in [0.15, 0.2) is 6.61 Å². The lowest BCUT2D eigenvalue weighted by Crippen LogP contribution is -2.29. The zero-order valence-electron chi connectivity index (χ0n) is 18.3. The number of esters is 1. The molecule has 3 unspecified atom stereocenters. The molecule has 0 aromatic heterocycles. The second-order valence-corrected chi connectivity index (χ2v) is 8.33. The maximum Gasteiger partial charge on any atom is 0.344 e. The first-order valence-electron chi connectivity index (χ1n) is 11.3. The van der Waals surface area contributed by atoms with Crippen molar-refractivity contribution in [1.29, 1.82) is 0 Å². The molecule has 0 bridgehead atoms. The molecule has 0 radical (unpaired) electrons. The molecule has 1 saturated carbocycles. The van der Waals surface area contributed by atoms with E-state index >= 15 is 0 Å². The van der Waals surface area contributed by atoms with Gasteiger partial charge in [-0.2, -0.15) is 0 Å². The molecule has 31 heavy (non-hydrogen) atoms. The van der Waals surface area contributed by atoms with E-state index in [-0.39, 0.29) is 12.6 Å². The van der Waals surface area contributed by atoms with Gasteiger partial charge in [-0.3, -0.25) is 0 Å². The van der Waals surface area contributed by atoms with Crippen molar-refractivity contribution < 1.29 is 14.3 Å². The summed E-state index contributed by atoms with van der Waals surface area (Å²) in [5.74, 6) is 0.918. The van der Waals surface area contributed by atoms with Gasteiger partial charge in [0, 0.05) is 12.1 Å². The molecule has 162 valence electrons. The highest BCUT2D eigenvalue weighted by Crippen LogP contribution is 2.36. The standard InChI is InChI=1S/C27H31NO3/c1-3-30-27(29)18-31-24-15-12-20(13-16-24)22-11-14-23(17-22)28-19(2)25-10-6-8-21-7-4-5-9-26(21)25/h4-10,12-13,15-16,19,22-23,28H,3,11,14,17-18H2,1-2H3. The van der Waals surface area contributed by atoms with Gasteiger partial charge >= 0.3 is 5.97 Å². The Balaban J connectivity index is 1.33. The van der Waals surface area contributed by atoms with E-state index in [4.69, 9.17) is 9.47 Å². The van der Waals surface area contributed by atoms with E-state index in [0.717, 1.165) is 6.42 Å². The quantitative estimate of drug-likeness (QED) is 0.473. The SMILES string of the molecule is CCOC(=O)COc1ccc(C2CCC(NC(C)c3cccc4ccccc34)C2)cc1. The molecule has 0 heterocycles. The average molecular weight is 418 g/mol. The number of fused-ring (bicyclic) bond motifs is 1. The molecule has 3 aromatic carbocycles. The Kier molecular flexibility index (Phi) is 6.88. The van der Waals surface area contributed by atoms with Gasteiger partial charge in [-0.15, -0.1) is 0 Å². The fourth-order valence-corrected chi connectivity index (χ4v) is 4.69. The number of rotatable bonds is 8. The smallest absolute Gasteiger partial charge is 0.344 e. The van der Waals surface area contributed by atoms with E-state index in [1.54, 1.807) is 6.92 Å². The van der Waals surface area contributed by atoms with Crippen LogP contribution in [0.25, 0.3) is 10.8 Å². The Labute approximate surface area is 184 Å². The summed E-state index contributed by atoms with van der Waals surface area (Å²) in [6, 6.07) is 24.2. The van der Waals surface area contributed by atoms with Gasteiger partial charge in [0.1, 0.15) is 5.75 Å². The summed E-state index contributed by atoms with van der Waals surface area (Å²) < 4.78 is 10.4. The van der Waals surface area contributed by atoms with Crippen LogP contribution in [0.2, 0.25) is 0 Å². The molecule has 3 atom stereocenters. The fourth-order valence-electron chi connectivity index (χ4n) is 4.69. The van der Waals surface area contributed by atoms with Crippen LogP contribution in [-0.2, 0) is 9.53 Å². The summed E-state index contributed by atoms with van der Waals surface area (Å²) in [5, 5.41) is 6.49. The molecule has 0 aliphatic heterocycles. The minimum Gasteiger partial charge on any atom is -0.482 e. The molecule has 1 fully saturated rings. The summed E-state index contributed by atoms with van der Waals surface area (Å²) in [5.41, 5.74) is 2.70. The van der Waals surface area contributed by atoms with Crippen LogP contribution in [0.5, 0.6) is 5.75 Å². The molecule has 0 spiro atoms. The summed E-state index contributed by atoms with van der Waals surface area (Å²) in [4.78, 5) is 11.4. The summed E-state index contributed by atoms with van der Waals surface area (Å²) >= 11 is 0. The summed E-state index contributed by atoms with van der Waals surface area (Å²) in [7, 11) is 0. The molecule has 3 aromatic rings. The molecule has 4 rings (SSSR count). The Morgan fingerprint density at radius 3 is 2.61 bits per heavy atom. The Bertz CT molecular complexity index is 1010. The van der Waals surface area contributed by atoms with Crippen LogP contribution in [0.1, 0.15) is 56.2 Å². The summed E-state index contributed by atoms with van der Waals surface area (Å²) in [6.45, 7) is 4.38. The molecule has 1 N–H and O–H groups in total. The lowest BCUT2D eigenvalue weighted by molar-refractivity contribution is -0.145. The van der Waals surface area contributed by atoms with E-state index in [1.807, 2.05) is 12.1 Å². The van der Waals surface area contributed by atoms with Crippen molar-refractivity contribution in [2.75, 3.05) is 13.2 Å². The van der Waals surface area contributed by atoms with Crippen molar-refractivity contribution in [1.82, 2.24) is 5.32 Å². The lowest BCUT2D eigenvalue weighted by Gasteiger charge is -2.21. The second kappa shape index (κ2) is 9.97. The zero-order chi connectivity index (χ0) is 21.6. The maximum absolute atomic E-state index is 11.4. The van der Waals surface area contributed by atoms with Crippen LogP contribution >= 0.6 is 0 Å². The van der Waals surface area contributed by atoms with Crippen molar-refractivity contribution in [2.24, 2.45) is 0 Å². The zero-order valence-corrected chi connectivity index (χ0v) is 18.3. The minimum absolute atomic E-state index is 0.0470. The number of nitrogens with one attached hydrogen (secondary N) is 1. The number of carbonyl (C=O) groups is 1. The molecule has 1 aliphatic rings. The van der Waals surface area contributed by atoms with E-state index in [2.05, 4.69) is 66.8 Å². The van der Waals surface area contributed by atoms with Gasteiger partial charge < -0.3 is 14.8 Å². The topological polar surface area (TPSA) is 47.6 Å². The fraction of sp³-hybridized carbons (Fsp3) is 0.370. The normalized spacial score (nSPS) is 19.3. The van der Waals surface area contributed by atoms with Crippen molar-refractivity contribution in [2.45, 2.75) is 51.1 Å². The number of benzene rings is 3. The molecule has 1 aliphatic carbocycles. The van der Waals surface area contributed by atoms with Crippen LogP contribution in [0, 0.1) is 0 Å². The van der Waals surface area contributed by atoms with E-state index in [1.165, 1.54) is 34.7 Å². The van der Waals surface area contributed by atoms with Crippen molar-refractivity contribution >= 4 is 16.7 Å². The van der Waals surface area contributed by atoms with Crippen LogP contribution < -0.4 is 10.1 Å². The number of ether oxygens (including phenoxy) is 2. The molecule has 4 heteroatoms. The van der Waals surface area contributed by atoms with Gasteiger partial charge in [-0.1, -0.05) is 54.6 Å². The van der Waals surface area contributed by atoms with Crippen LogP contribution in [0.15, 0.2) is 66.7 Å². The third-order valence-corrected chi connectivity index (χ3v) is 6.22. The first-order valence-corrected chi connectivity index (χ1v) is 11.3. The molecule has 4 nitrogen and oxygen atoms in total. The van der Waals surface area contributed by atoms with Crippen molar-refractivity contribution in [3.8, 4) is 5.75 Å². The number of hydrogen-bond acceptors (Lipinski definition) is 4. The number of carbonyl (C=O) groups excluding carboxylic acids is 1. The van der Waals surface area contributed by atoms with Crippen LogP contribution in [0.3, 0.4) is 0 Å². The molecule has 0 saturated heterocycles. The third-order valence-electron chi connectivity index (χ3n) is 6.22. The monoisotopic (exact) mass is 417 g/mol. The molecule has 0 amide bonds. The van der Waals surface area contributed by atoms with Crippen LogP contribution in [0.4, 0.5) is 0 Å². The predicted octanol–water partition coefficient (Wildman–Crippen LogP) is 5.77. The van der Waals surface area contributed by atoms with E-state index in [9.17, 15) is 4.79 Å². The van der Waals surface area contributed by atoms with Crippen molar-refractivity contribution in [3.63, 3.8) is 0 Å². The first kappa shape index (κ1) is 21.4. The van der Waals surface area contributed by atoms with Gasteiger partial charge in [0.05, 0.1) is 6.61 Å². The van der Waals surface area contributed by atoms with Gasteiger partial charge in [0.25, 0.3) is 0 Å². The number of hydrogen-bond donors (Lipinski definition) is 1. The van der Waals surface area contributed by atoms with E-state index < -0.39 is 0 Å². The largest absolute Gasteiger partial charge is 0.482 e. The summed E-state index contributed by atoms with van der Waals surface area (Å²) in [6.07, 6.45) is 3.50. The van der Waals surface area contributed by atoms with Gasteiger partial charge in [0.2, 0.25) is 0 Å². The highest BCUT2D eigenvalue weighted by molar-refractivity contribution is 5.86. The molecular weight excluding hydrogens is 386 g/mol.